The normalized spacial score (nSPS) is 13.3. The number of rotatable bonds is 3. The van der Waals surface area contributed by atoms with Crippen molar-refractivity contribution in [2.24, 2.45) is 0 Å². The molecule has 1 heteroatoms. The van der Waals surface area contributed by atoms with E-state index in [4.69, 9.17) is 11.3 Å². The molecule has 43 heavy (non-hydrogen) atoms. The van der Waals surface area contributed by atoms with E-state index in [-0.39, 0.29) is 29.7 Å². The van der Waals surface area contributed by atoms with Crippen molar-refractivity contribution in [3.8, 4) is 33.4 Å². The topological polar surface area (TPSA) is 13.1 Å². The molecule has 0 saturated carbocycles. The summed E-state index contributed by atoms with van der Waals surface area (Å²) in [7, 11) is 0. The van der Waals surface area contributed by atoms with Gasteiger partial charge in [-0.1, -0.05) is 152 Å². The van der Waals surface area contributed by atoms with Gasteiger partial charge in [0.2, 0.25) is 0 Å². The fraction of sp³-hybridized carbons (Fsp3) is 0. The number of fused-ring (bicyclic) bond motifs is 7. The smallest absolute Gasteiger partial charge is 0.143 e. The fourth-order valence-electron chi connectivity index (χ4n) is 6.74. The quantitative estimate of drug-likeness (QED) is 0.199. The van der Waals surface area contributed by atoms with Crippen molar-refractivity contribution >= 4 is 54.3 Å². The number of hydrogen-bond donors (Lipinski definition) is 0. The van der Waals surface area contributed by atoms with Gasteiger partial charge in [-0.3, -0.25) is 0 Å². The van der Waals surface area contributed by atoms with Crippen LogP contribution in [-0.2, 0) is 0 Å². The molecule has 9 rings (SSSR count). The first kappa shape index (κ1) is 19.5. The minimum Gasteiger partial charge on any atom is -0.455 e. The molecular weight excluding hydrogens is 520 g/mol. The predicted molar refractivity (Wildman–Crippen MR) is 183 cm³/mol. The molecule has 0 aliphatic heterocycles. The number of benzene rings is 8. The molecule has 0 saturated heterocycles. The average molecular weight is 552 g/mol. The highest BCUT2D eigenvalue weighted by molar-refractivity contribution is 6.25. The van der Waals surface area contributed by atoms with Crippen molar-refractivity contribution in [2.45, 2.75) is 0 Å². The van der Waals surface area contributed by atoms with E-state index in [1.54, 1.807) is 0 Å². The van der Waals surface area contributed by atoms with Crippen LogP contribution in [0.1, 0.15) is 6.85 Å². The van der Waals surface area contributed by atoms with Gasteiger partial charge in [0.15, 0.2) is 0 Å². The van der Waals surface area contributed by atoms with Gasteiger partial charge in [0.1, 0.15) is 11.2 Å². The molecule has 8 aromatic carbocycles. The largest absolute Gasteiger partial charge is 0.455 e. The highest BCUT2D eigenvalue weighted by Crippen LogP contribution is 2.48. The summed E-state index contributed by atoms with van der Waals surface area (Å²) in [6.07, 6.45) is 0. The molecular formula is C42H26O. The van der Waals surface area contributed by atoms with E-state index in [1.165, 1.54) is 0 Å². The van der Waals surface area contributed by atoms with Crippen LogP contribution >= 0.6 is 0 Å². The molecule has 0 N–H and O–H groups in total. The van der Waals surface area contributed by atoms with Crippen LogP contribution in [-0.4, -0.2) is 0 Å². The zero-order chi connectivity index (χ0) is 32.7. The Labute approximate surface area is 256 Å². The van der Waals surface area contributed by atoms with Crippen LogP contribution in [0.15, 0.2) is 162 Å². The van der Waals surface area contributed by atoms with E-state index < -0.39 is 6.04 Å². The maximum absolute atomic E-state index is 8.79. The molecule has 0 aliphatic carbocycles. The monoisotopic (exact) mass is 551 g/mol. The van der Waals surface area contributed by atoms with Crippen molar-refractivity contribution in [1.82, 2.24) is 0 Å². The van der Waals surface area contributed by atoms with E-state index in [9.17, 15) is 0 Å². The third-order valence-corrected chi connectivity index (χ3v) is 8.56. The van der Waals surface area contributed by atoms with Gasteiger partial charge in [-0.05, 0) is 55.3 Å². The van der Waals surface area contributed by atoms with Gasteiger partial charge in [0, 0.05) is 27.3 Å². The summed E-state index contributed by atoms with van der Waals surface area (Å²) in [5.74, 6) is 0. The van der Waals surface area contributed by atoms with Crippen LogP contribution in [0.5, 0.6) is 0 Å². The Balaban J connectivity index is 1.40. The fourth-order valence-corrected chi connectivity index (χ4v) is 6.74. The van der Waals surface area contributed by atoms with Crippen molar-refractivity contribution in [3.05, 3.63) is 158 Å². The number of para-hydroxylation sites is 1. The molecule has 200 valence electrons. The SMILES string of the molecule is [2H]c1c([2H])c([2H])c(-c2ccccc2-c2c3ccccc3c(-c3cccc4c3oc3c5ccccc5ccc43)c3ccccc23)c([2H])c1[2H]. The van der Waals surface area contributed by atoms with Gasteiger partial charge in [-0.15, -0.1) is 0 Å². The third kappa shape index (κ3) is 3.58. The summed E-state index contributed by atoms with van der Waals surface area (Å²) in [5, 5.41) is 8.37. The molecule has 1 aromatic heterocycles. The summed E-state index contributed by atoms with van der Waals surface area (Å²) >= 11 is 0. The lowest BCUT2D eigenvalue weighted by Crippen LogP contribution is -1.92. The van der Waals surface area contributed by atoms with E-state index in [0.29, 0.717) is 5.56 Å². The highest BCUT2D eigenvalue weighted by Gasteiger charge is 2.21. The molecule has 0 amide bonds. The van der Waals surface area contributed by atoms with Gasteiger partial charge in [0.25, 0.3) is 0 Å². The van der Waals surface area contributed by atoms with E-state index in [2.05, 4.69) is 66.7 Å². The van der Waals surface area contributed by atoms with Gasteiger partial charge in [-0.25, -0.2) is 0 Å². The summed E-state index contributed by atoms with van der Waals surface area (Å²) in [5.41, 5.74) is 6.25. The Bertz CT molecular complexity index is 2710. The molecule has 0 unspecified atom stereocenters. The van der Waals surface area contributed by atoms with Crippen LogP contribution in [0.2, 0.25) is 0 Å². The second-order valence-corrected chi connectivity index (χ2v) is 10.8. The maximum Gasteiger partial charge on any atom is 0.143 e. The van der Waals surface area contributed by atoms with Gasteiger partial charge < -0.3 is 4.42 Å². The third-order valence-electron chi connectivity index (χ3n) is 8.56. The van der Waals surface area contributed by atoms with Gasteiger partial charge in [0.05, 0.1) is 6.85 Å². The van der Waals surface area contributed by atoms with E-state index in [1.807, 2.05) is 60.7 Å². The standard InChI is InChI=1S/C42H26O/c1-2-13-27(14-3-1)29-16-6-7-18-31(29)39-32-19-8-10-21-34(32)40(35-22-11-9-20-33(35)39)38-24-12-23-36-37-26-25-28-15-4-5-17-30(28)41(37)43-42(36)38/h1-26H/i1D,2D,3D,13D,14D. The van der Waals surface area contributed by atoms with Crippen LogP contribution in [0.3, 0.4) is 0 Å². The van der Waals surface area contributed by atoms with E-state index >= 15 is 0 Å². The first-order valence-corrected chi connectivity index (χ1v) is 14.4. The maximum atomic E-state index is 8.79. The van der Waals surface area contributed by atoms with Crippen LogP contribution in [0.25, 0.3) is 87.6 Å². The van der Waals surface area contributed by atoms with Crippen molar-refractivity contribution < 1.29 is 11.3 Å². The lowest BCUT2D eigenvalue weighted by Gasteiger charge is -2.19. The van der Waals surface area contributed by atoms with Crippen LogP contribution in [0, 0.1) is 0 Å². The zero-order valence-corrected chi connectivity index (χ0v) is 23.0. The minimum atomic E-state index is -0.403. The second-order valence-electron chi connectivity index (χ2n) is 10.8. The summed E-state index contributed by atoms with van der Waals surface area (Å²) in [4.78, 5) is 0. The molecule has 0 fully saturated rings. The molecule has 0 spiro atoms. The van der Waals surface area contributed by atoms with Gasteiger partial charge in [-0.2, -0.15) is 0 Å². The number of furan rings is 1. The molecule has 0 radical (unpaired) electrons. The van der Waals surface area contributed by atoms with E-state index in [0.717, 1.165) is 76.5 Å². The Morgan fingerprint density at radius 3 is 1.58 bits per heavy atom. The summed E-state index contributed by atoms with van der Waals surface area (Å²) in [6, 6.07) is 41.6. The zero-order valence-electron chi connectivity index (χ0n) is 28.0. The number of hydrogen-bond acceptors (Lipinski definition) is 1. The molecule has 9 aromatic rings. The Kier molecular flexibility index (Phi) is 4.27. The molecule has 0 bridgehead atoms. The second kappa shape index (κ2) is 9.44. The van der Waals surface area contributed by atoms with Crippen LogP contribution in [0.4, 0.5) is 0 Å². The molecule has 0 atom stereocenters. The van der Waals surface area contributed by atoms with Crippen LogP contribution < -0.4 is 0 Å². The van der Waals surface area contributed by atoms with Crippen molar-refractivity contribution in [2.75, 3.05) is 0 Å². The van der Waals surface area contributed by atoms with Crippen molar-refractivity contribution in [3.63, 3.8) is 0 Å². The summed E-state index contributed by atoms with van der Waals surface area (Å²) in [6.45, 7) is 0. The Morgan fingerprint density at radius 1 is 0.372 bits per heavy atom. The highest BCUT2D eigenvalue weighted by atomic mass is 16.3. The minimum absolute atomic E-state index is 0.188. The molecule has 0 aliphatic rings. The lowest BCUT2D eigenvalue weighted by atomic mass is 9.83. The Morgan fingerprint density at radius 2 is 0.884 bits per heavy atom. The molecule has 1 nitrogen and oxygen atoms in total. The summed E-state index contributed by atoms with van der Waals surface area (Å²) < 4.78 is 49.3. The first-order valence-electron chi connectivity index (χ1n) is 16.9. The first-order chi connectivity index (χ1) is 23.4. The average Bonchev–Trinajstić information content (AvgIpc) is 3.52. The lowest BCUT2D eigenvalue weighted by molar-refractivity contribution is 0.674. The molecule has 1 heterocycles. The predicted octanol–water partition coefficient (Wildman–Crippen LogP) is 12.0. The van der Waals surface area contributed by atoms with Crippen molar-refractivity contribution in [1.29, 1.82) is 0 Å². The van der Waals surface area contributed by atoms with Gasteiger partial charge >= 0.3 is 0 Å². The Hall–Kier alpha value is -5.66.